The van der Waals surface area contributed by atoms with Crippen molar-refractivity contribution in [3.63, 3.8) is 0 Å². The predicted octanol–water partition coefficient (Wildman–Crippen LogP) is 1.92. The number of hydrogen-bond donors (Lipinski definition) is 2. The van der Waals surface area contributed by atoms with E-state index < -0.39 is 0 Å². The molecular weight excluding hydrogens is 270 g/mol. The number of amides is 1. The summed E-state index contributed by atoms with van der Waals surface area (Å²) in [5, 5.41) is 6.05. The van der Waals surface area contributed by atoms with E-state index in [4.69, 9.17) is 0 Å². The van der Waals surface area contributed by atoms with Crippen molar-refractivity contribution in [3.05, 3.63) is 22.8 Å². The summed E-state index contributed by atoms with van der Waals surface area (Å²) in [7, 11) is 0. The summed E-state index contributed by atoms with van der Waals surface area (Å²) in [6, 6.07) is 6.09. The summed E-state index contributed by atoms with van der Waals surface area (Å²) < 4.78 is 0.792. The molecule has 1 saturated carbocycles. The van der Waals surface area contributed by atoms with Gasteiger partial charge in [0.15, 0.2) is 0 Å². The number of pyridine rings is 1. The van der Waals surface area contributed by atoms with E-state index in [9.17, 15) is 4.79 Å². The van der Waals surface area contributed by atoms with Crippen LogP contribution in [0.25, 0.3) is 0 Å². The maximum Gasteiger partial charge on any atom is 0.221 e. The number of carbonyl (C=O) groups is 1. The van der Waals surface area contributed by atoms with E-state index in [1.165, 1.54) is 0 Å². The van der Waals surface area contributed by atoms with E-state index in [1.807, 2.05) is 18.2 Å². The molecule has 2 N–H and O–H groups in total. The third-order valence-electron chi connectivity index (χ3n) is 2.32. The number of rotatable bonds is 5. The van der Waals surface area contributed by atoms with Gasteiger partial charge in [-0.1, -0.05) is 6.07 Å². The predicted molar refractivity (Wildman–Crippen MR) is 66.2 cm³/mol. The highest BCUT2D eigenvalue weighted by Gasteiger charge is 2.22. The van der Waals surface area contributed by atoms with E-state index in [0.717, 1.165) is 23.3 Å². The van der Waals surface area contributed by atoms with Gasteiger partial charge < -0.3 is 10.6 Å². The average Bonchev–Trinajstić information content (AvgIpc) is 3.02. The molecule has 1 heterocycles. The lowest BCUT2D eigenvalue weighted by Crippen LogP contribution is -2.27. The van der Waals surface area contributed by atoms with Gasteiger partial charge in [0, 0.05) is 19.0 Å². The number of nitrogens with zero attached hydrogens (tertiary/aromatic N) is 1. The molecule has 1 aliphatic carbocycles. The highest BCUT2D eigenvalue weighted by molar-refractivity contribution is 9.10. The molecule has 16 heavy (non-hydrogen) atoms. The Balaban J connectivity index is 1.68. The molecular formula is C11H14BrN3O. The van der Waals surface area contributed by atoms with Crippen LogP contribution in [0.15, 0.2) is 22.8 Å². The molecule has 0 radical (unpaired) electrons. The Hall–Kier alpha value is -1.10. The zero-order chi connectivity index (χ0) is 11.4. The Morgan fingerprint density at radius 3 is 3.00 bits per heavy atom. The second kappa shape index (κ2) is 5.30. The zero-order valence-corrected chi connectivity index (χ0v) is 10.5. The van der Waals surface area contributed by atoms with Crippen molar-refractivity contribution in [1.29, 1.82) is 0 Å². The van der Waals surface area contributed by atoms with Crippen LogP contribution in [-0.4, -0.2) is 23.5 Å². The van der Waals surface area contributed by atoms with Crippen LogP contribution in [-0.2, 0) is 4.79 Å². The summed E-state index contributed by atoms with van der Waals surface area (Å²) in [5.74, 6) is 0.901. The molecule has 1 amide bonds. The second-order valence-electron chi connectivity index (χ2n) is 3.86. The van der Waals surface area contributed by atoms with E-state index >= 15 is 0 Å². The Labute approximate surface area is 103 Å². The van der Waals surface area contributed by atoms with E-state index in [2.05, 4.69) is 31.5 Å². The van der Waals surface area contributed by atoms with Crippen LogP contribution in [0.2, 0.25) is 0 Å². The monoisotopic (exact) mass is 283 g/mol. The fourth-order valence-corrected chi connectivity index (χ4v) is 1.68. The first-order chi connectivity index (χ1) is 7.74. The Bertz CT molecular complexity index is 379. The van der Waals surface area contributed by atoms with Crippen molar-refractivity contribution in [2.24, 2.45) is 0 Å². The summed E-state index contributed by atoms with van der Waals surface area (Å²) in [6.45, 7) is 0.613. The quantitative estimate of drug-likeness (QED) is 0.812. The molecule has 1 fully saturated rings. The SMILES string of the molecule is O=C(CCNc1cccc(Br)n1)NC1CC1. The summed E-state index contributed by atoms with van der Waals surface area (Å²) >= 11 is 3.29. The molecule has 0 unspecified atom stereocenters. The van der Waals surface area contributed by atoms with Gasteiger partial charge in [-0.3, -0.25) is 4.79 Å². The van der Waals surface area contributed by atoms with Gasteiger partial charge in [-0.25, -0.2) is 4.98 Å². The van der Waals surface area contributed by atoms with E-state index in [1.54, 1.807) is 0 Å². The molecule has 86 valence electrons. The lowest BCUT2D eigenvalue weighted by molar-refractivity contribution is -0.120. The standard InChI is InChI=1S/C11H14BrN3O/c12-9-2-1-3-10(15-9)13-7-6-11(16)14-8-4-5-8/h1-3,8H,4-7H2,(H,13,15)(H,14,16). The molecule has 1 aromatic rings. The van der Waals surface area contributed by atoms with Crippen molar-refractivity contribution in [1.82, 2.24) is 10.3 Å². The minimum atomic E-state index is 0.116. The van der Waals surface area contributed by atoms with Crippen molar-refractivity contribution in [2.75, 3.05) is 11.9 Å². The number of aromatic nitrogens is 1. The van der Waals surface area contributed by atoms with Crippen LogP contribution < -0.4 is 10.6 Å². The molecule has 5 heteroatoms. The summed E-state index contributed by atoms with van der Waals surface area (Å²) in [6.07, 6.45) is 2.75. The van der Waals surface area contributed by atoms with E-state index in [-0.39, 0.29) is 5.91 Å². The molecule has 0 bridgehead atoms. The first-order valence-electron chi connectivity index (χ1n) is 5.40. The van der Waals surface area contributed by atoms with Gasteiger partial charge in [-0.05, 0) is 40.9 Å². The van der Waals surface area contributed by atoms with Crippen LogP contribution in [0.1, 0.15) is 19.3 Å². The molecule has 0 saturated heterocycles. The topological polar surface area (TPSA) is 54.0 Å². The number of hydrogen-bond acceptors (Lipinski definition) is 3. The van der Waals surface area contributed by atoms with Crippen molar-refractivity contribution in [2.45, 2.75) is 25.3 Å². The molecule has 1 aliphatic rings. The highest BCUT2D eigenvalue weighted by atomic mass is 79.9. The van der Waals surface area contributed by atoms with E-state index in [0.29, 0.717) is 19.0 Å². The Morgan fingerprint density at radius 2 is 2.31 bits per heavy atom. The maximum absolute atomic E-state index is 11.4. The molecule has 0 aromatic carbocycles. The lowest BCUT2D eigenvalue weighted by atomic mass is 10.4. The Morgan fingerprint density at radius 1 is 1.50 bits per heavy atom. The molecule has 1 aromatic heterocycles. The van der Waals surface area contributed by atoms with Crippen molar-refractivity contribution < 1.29 is 4.79 Å². The molecule has 0 aliphatic heterocycles. The number of anilines is 1. The summed E-state index contributed by atoms with van der Waals surface area (Å²) in [5.41, 5.74) is 0. The maximum atomic E-state index is 11.4. The minimum Gasteiger partial charge on any atom is -0.370 e. The van der Waals surface area contributed by atoms with Crippen LogP contribution in [0.4, 0.5) is 5.82 Å². The normalized spacial score (nSPS) is 14.6. The van der Waals surface area contributed by atoms with Gasteiger partial charge in [0.25, 0.3) is 0 Å². The molecule has 4 nitrogen and oxygen atoms in total. The summed E-state index contributed by atoms with van der Waals surface area (Å²) in [4.78, 5) is 15.6. The fraction of sp³-hybridized carbons (Fsp3) is 0.455. The molecule has 0 atom stereocenters. The third-order valence-corrected chi connectivity index (χ3v) is 2.76. The van der Waals surface area contributed by atoms with Gasteiger partial charge in [0.05, 0.1) is 0 Å². The number of nitrogens with one attached hydrogen (secondary N) is 2. The molecule has 0 spiro atoms. The second-order valence-corrected chi connectivity index (χ2v) is 4.68. The van der Waals surface area contributed by atoms with Gasteiger partial charge in [-0.15, -0.1) is 0 Å². The van der Waals surface area contributed by atoms with Crippen molar-refractivity contribution >= 4 is 27.7 Å². The Kier molecular flexibility index (Phi) is 3.77. The fourth-order valence-electron chi connectivity index (χ4n) is 1.34. The number of carbonyl (C=O) groups excluding carboxylic acids is 1. The van der Waals surface area contributed by atoms with Crippen LogP contribution in [0, 0.1) is 0 Å². The first kappa shape index (κ1) is 11.4. The first-order valence-corrected chi connectivity index (χ1v) is 6.19. The number of halogens is 1. The van der Waals surface area contributed by atoms with Crippen molar-refractivity contribution in [3.8, 4) is 0 Å². The minimum absolute atomic E-state index is 0.116. The van der Waals surface area contributed by atoms with Gasteiger partial charge in [0.1, 0.15) is 10.4 Å². The molecule has 2 rings (SSSR count). The van der Waals surface area contributed by atoms with Crippen LogP contribution in [0.5, 0.6) is 0 Å². The van der Waals surface area contributed by atoms with Crippen LogP contribution in [0.3, 0.4) is 0 Å². The lowest BCUT2D eigenvalue weighted by Gasteiger charge is -2.06. The highest BCUT2D eigenvalue weighted by Crippen LogP contribution is 2.18. The third kappa shape index (κ3) is 3.81. The average molecular weight is 284 g/mol. The smallest absolute Gasteiger partial charge is 0.221 e. The zero-order valence-electron chi connectivity index (χ0n) is 8.87. The van der Waals surface area contributed by atoms with Crippen LogP contribution >= 0.6 is 15.9 Å². The largest absolute Gasteiger partial charge is 0.370 e. The van der Waals surface area contributed by atoms with Gasteiger partial charge >= 0.3 is 0 Å². The van der Waals surface area contributed by atoms with Gasteiger partial charge in [-0.2, -0.15) is 0 Å². The van der Waals surface area contributed by atoms with Gasteiger partial charge in [0.2, 0.25) is 5.91 Å².